The number of unbranched alkanes of at least 4 members (excludes halogenated alkanes) is 2. The third kappa shape index (κ3) is 6.13. The van der Waals surface area contributed by atoms with Gasteiger partial charge in [0.2, 0.25) is 0 Å². The van der Waals surface area contributed by atoms with Crippen molar-refractivity contribution in [2.24, 2.45) is 4.99 Å². The zero-order chi connectivity index (χ0) is 24.7. The second-order valence-electron chi connectivity index (χ2n) is 7.16. The van der Waals surface area contributed by atoms with Crippen molar-refractivity contribution >= 4 is 34.7 Å². The molecule has 0 radical (unpaired) electrons. The van der Waals surface area contributed by atoms with E-state index in [1.807, 2.05) is 5.16 Å². The first-order valence-electron chi connectivity index (χ1n) is 10.2. The van der Waals surface area contributed by atoms with Crippen molar-refractivity contribution in [1.82, 2.24) is 0 Å². The van der Waals surface area contributed by atoms with E-state index in [9.17, 15) is 17.6 Å². The summed E-state index contributed by atoms with van der Waals surface area (Å²) in [7, 11) is 0. The van der Waals surface area contributed by atoms with Gasteiger partial charge >= 0.3 is 0 Å². The van der Waals surface area contributed by atoms with Gasteiger partial charge in [0.1, 0.15) is 17.3 Å². The van der Waals surface area contributed by atoms with E-state index < -0.39 is 29.0 Å². The van der Waals surface area contributed by atoms with Crippen molar-refractivity contribution in [3.63, 3.8) is 0 Å². The number of halogens is 5. The van der Waals surface area contributed by atoms with Crippen molar-refractivity contribution in [1.29, 1.82) is 0 Å². The Balaban J connectivity index is 1.90. The minimum absolute atomic E-state index is 0.110. The molecule has 0 aliphatic rings. The van der Waals surface area contributed by atoms with E-state index in [0.29, 0.717) is 5.56 Å². The van der Waals surface area contributed by atoms with E-state index in [1.54, 1.807) is 6.07 Å². The fraction of sp³-hybridized carbons (Fsp3) is 0.148. The molecule has 1 nitrogen and oxygen atoms in total. The topological polar surface area (TPSA) is 12.4 Å². The third-order valence-electron chi connectivity index (χ3n) is 4.70. The summed E-state index contributed by atoms with van der Waals surface area (Å²) in [6.45, 7) is 2.07. The molecule has 3 aromatic carbocycles. The molecule has 0 N–H and O–H groups in total. The number of isothiocyanates is 1. The summed E-state index contributed by atoms with van der Waals surface area (Å²) < 4.78 is 57.5. The Morgan fingerprint density at radius 2 is 1.56 bits per heavy atom. The summed E-state index contributed by atoms with van der Waals surface area (Å²) in [5, 5.41) is 1.76. The second kappa shape index (κ2) is 11.6. The van der Waals surface area contributed by atoms with Crippen LogP contribution >= 0.6 is 23.8 Å². The molecule has 0 bridgehead atoms. The van der Waals surface area contributed by atoms with Gasteiger partial charge in [-0.25, -0.2) is 17.6 Å². The van der Waals surface area contributed by atoms with Crippen LogP contribution in [0.25, 0.3) is 11.1 Å². The molecule has 0 aliphatic heterocycles. The molecule has 170 valence electrons. The van der Waals surface area contributed by atoms with Crippen LogP contribution in [0.2, 0.25) is 5.02 Å². The van der Waals surface area contributed by atoms with Crippen molar-refractivity contribution in [3.8, 4) is 34.8 Å². The standard InChI is InChI=1S/C27H16ClF4NS/c1-2-3-4-5-6-17-7-9-19(22(29)12-17)10-8-18-11-21(28)26(23(30)13-18)20-14-24(31)27(33-16-34)25(32)15-20/h7,9,11-15H,2-4H2,1H3. The first-order chi connectivity index (χ1) is 16.3. The van der Waals surface area contributed by atoms with E-state index in [2.05, 4.69) is 47.8 Å². The number of hydrogen-bond donors (Lipinski definition) is 0. The average molecular weight is 498 g/mol. The van der Waals surface area contributed by atoms with Gasteiger partial charge in [-0.05, 0) is 66.7 Å². The van der Waals surface area contributed by atoms with Crippen LogP contribution in [0.5, 0.6) is 0 Å². The summed E-state index contributed by atoms with van der Waals surface area (Å²) in [5.41, 5.74) is -0.144. The maximum Gasteiger partial charge on any atom is 0.153 e. The van der Waals surface area contributed by atoms with E-state index in [-0.39, 0.29) is 27.3 Å². The highest BCUT2D eigenvalue weighted by atomic mass is 35.5. The molecule has 34 heavy (non-hydrogen) atoms. The lowest BCUT2D eigenvalue weighted by molar-refractivity contribution is 0.588. The lowest BCUT2D eigenvalue weighted by Crippen LogP contribution is -1.92. The third-order valence-corrected chi connectivity index (χ3v) is 5.09. The minimum Gasteiger partial charge on any atom is -0.206 e. The van der Waals surface area contributed by atoms with Crippen LogP contribution in [-0.4, -0.2) is 5.16 Å². The Bertz CT molecular complexity index is 1370. The number of hydrogen-bond acceptors (Lipinski definition) is 2. The van der Waals surface area contributed by atoms with Gasteiger partial charge in [-0.1, -0.05) is 48.6 Å². The molecule has 0 spiro atoms. The zero-order valence-corrected chi connectivity index (χ0v) is 19.5. The smallest absolute Gasteiger partial charge is 0.153 e. The van der Waals surface area contributed by atoms with E-state index in [1.165, 1.54) is 18.2 Å². The van der Waals surface area contributed by atoms with Gasteiger partial charge in [-0.3, -0.25) is 0 Å². The lowest BCUT2D eigenvalue weighted by atomic mass is 10.0. The number of benzene rings is 3. The second-order valence-corrected chi connectivity index (χ2v) is 7.75. The summed E-state index contributed by atoms with van der Waals surface area (Å²) in [6.07, 6.45) is 2.76. The van der Waals surface area contributed by atoms with E-state index >= 15 is 0 Å². The first kappa shape index (κ1) is 25.2. The molecule has 7 heteroatoms. The Morgan fingerprint density at radius 1 is 0.853 bits per heavy atom. The normalized spacial score (nSPS) is 9.94. The highest BCUT2D eigenvalue weighted by Gasteiger charge is 2.17. The first-order valence-corrected chi connectivity index (χ1v) is 11.0. The summed E-state index contributed by atoms with van der Waals surface area (Å²) in [4.78, 5) is 3.32. The average Bonchev–Trinajstić information content (AvgIpc) is 2.78. The number of nitrogens with zero attached hydrogens (tertiary/aromatic N) is 1. The molecule has 3 aromatic rings. The molecule has 0 aliphatic carbocycles. The van der Waals surface area contributed by atoms with Crippen LogP contribution in [0.4, 0.5) is 23.2 Å². The molecule has 0 amide bonds. The zero-order valence-electron chi connectivity index (χ0n) is 17.9. The van der Waals surface area contributed by atoms with Crippen LogP contribution in [0.15, 0.2) is 47.5 Å². The molecular weight excluding hydrogens is 482 g/mol. The SMILES string of the molecule is CCCCC#Cc1ccc(C#Cc2cc(F)c(-c3cc(F)c(N=C=S)c(F)c3)c(Cl)c2)c(F)c1. The van der Waals surface area contributed by atoms with Gasteiger partial charge in [0.15, 0.2) is 11.6 Å². The van der Waals surface area contributed by atoms with E-state index in [0.717, 1.165) is 37.5 Å². The predicted octanol–water partition coefficient (Wildman–Crippen LogP) is 8.24. The maximum atomic E-state index is 14.8. The number of aliphatic imine (C=N–C) groups is 1. The summed E-state index contributed by atoms with van der Waals surface area (Å²) in [5.74, 6) is 7.70. The quantitative estimate of drug-likeness (QED) is 0.116. The van der Waals surface area contributed by atoms with Crippen LogP contribution in [0, 0.1) is 47.0 Å². The van der Waals surface area contributed by atoms with Crippen LogP contribution < -0.4 is 0 Å². The van der Waals surface area contributed by atoms with Gasteiger partial charge in [0.25, 0.3) is 0 Å². The predicted molar refractivity (Wildman–Crippen MR) is 130 cm³/mol. The highest BCUT2D eigenvalue weighted by Crippen LogP contribution is 2.35. The summed E-state index contributed by atoms with van der Waals surface area (Å²) in [6, 6.07) is 8.62. The highest BCUT2D eigenvalue weighted by molar-refractivity contribution is 7.78. The van der Waals surface area contributed by atoms with E-state index in [4.69, 9.17) is 11.6 Å². The number of thiocarbonyl (C=S) groups is 1. The largest absolute Gasteiger partial charge is 0.206 e. The maximum absolute atomic E-state index is 14.8. The lowest BCUT2D eigenvalue weighted by Gasteiger charge is -2.09. The van der Waals surface area contributed by atoms with Gasteiger partial charge in [-0.15, -0.1) is 0 Å². The van der Waals surface area contributed by atoms with Gasteiger partial charge < -0.3 is 0 Å². The Morgan fingerprint density at radius 3 is 2.18 bits per heavy atom. The van der Waals surface area contributed by atoms with Crippen molar-refractivity contribution in [3.05, 3.63) is 87.4 Å². The monoisotopic (exact) mass is 497 g/mol. The Kier molecular flexibility index (Phi) is 8.63. The van der Waals surface area contributed by atoms with Crippen LogP contribution in [-0.2, 0) is 0 Å². The van der Waals surface area contributed by atoms with Gasteiger partial charge in [0.05, 0.1) is 15.7 Å². The Labute approximate surface area is 205 Å². The minimum atomic E-state index is -1.04. The molecule has 0 unspecified atom stereocenters. The molecule has 0 saturated carbocycles. The molecule has 3 rings (SSSR count). The fourth-order valence-corrected chi connectivity index (χ4v) is 3.46. The summed E-state index contributed by atoms with van der Waals surface area (Å²) >= 11 is 10.5. The van der Waals surface area contributed by atoms with Crippen molar-refractivity contribution in [2.45, 2.75) is 26.2 Å². The van der Waals surface area contributed by atoms with Gasteiger partial charge in [0, 0.05) is 23.1 Å². The van der Waals surface area contributed by atoms with Crippen LogP contribution in [0.1, 0.15) is 42.9 Å². The van der Waals surface area contributed by atoms with Gasteiger partial charge in [-0.2, -0.15) is 4.99 Å². The Hall–Kier alpha value is -3.41. The van der Waals surface area contributed by atoms with Crippen LogP contribution in [0.3, 0.4) is 0 Å². The molecule has 0 saturated heterocycles. The molecule has 0 fully saturated rings. The van der Waals surface area contributed by atoms with Crippen molar-refractivity contribution in [2.75, 3.05) is 0 Å². The van der Waals surface area contributed by atoms with Crippen molar-refractivity contribution < 1.29 is 17.6 Å². The molecule has 0 aromatic heterocycles. The number of rotatable bonds is 4. The molecule has 0 atom stereocenters. The fourth-order valence-electron chi connectivity index (χ4n) is 3.05. The molecule has 0 heterocycles. The molecular formula is C27H16ClF4NS.